The molecule has 2 aromatic rings. The first kappa shape index (κ1) is 16.7. The number of nitrogen functional groups attached to an aromatic ring is 1. The molecule has 2 rings (SSSR count). The molecule has 1 amide bonds. The molecule has 0 fully saturated rings. The lowest BCUT2D eigenvalue weighted by molar-refractivity contribution is 0.0999. The van der Waals surface area contributed by atoms with Gasteiger partial charge in [-0.1, -0.05) is 12.1 Å². The van der Waals surface area contributed by atoms with Gasteiger partial charge >= 0.3 is 0 Å². The summed E-state index contributed by atoms with van der Waals surface area (Å²) in [6.07, 6.45) is 0. The second kappa shape index (κ2) is 7.55. The molecule has 1 aromatic carbocycles. The van der Waals surface area contributed by atoms with Gasteiger partial charge in [-0.2, -0.15) is 0 Å². The molecule has 0 spiro atoms. The number of rotatable bonds is 7. The summed E-state index contributed by atoms with van der Waals surface area (Å²) in [5, 5.41) is 0. The van der Waals surface area contributed by atoms with Crippen molar-refractivity contribution in [2.45, 2.75) is 13.8 Å². The van der Waals surface area contributed by atoms with Gasteiger partial charge in [-0.05, 0) is 26.0 Å². The van der Waals surface area contributed by atoms with Gasteiger partial charge in [0.25, 0.3) is 5.91 Å². The van der Waals surface area contributed by atoms with Crippen LogP contribution >= 0.6 is 0 Å². The Morgan fingerprint density at radius 1 is 1.22 bits per heavy atom. The minimum Gasteiger partial charge on any atom is -0.490 e. The summed E-state index contributed by atoms with van der Waals surface area (Å²) in [5.41, 5.74) is 12.9. The van der Waals surface area contributed by atoms with Gasteiger partial charge < -0.3 is 20.9 Å². The molecule has 23 heavy (non-hydrogen) atoms. The molecular weight excluding hydrogens is 296 g/mol. The third-order valence-corrected chi connectivity index (χ3v) is 3.19. The highest BCUT2D eigenvalue weighted by Crippen LogP contribution is 2.32. The molecule has 0 aliphatic carbocycles. The van der Waals surface area contributed by atoms with E-state index in [1.165, 1.54) is 0 Å². The Morgan fingerprint density at radius 3 is 2.65 bits per heavy atom. The Morgan fingerprint density at radius 2 is 1.96 bits per heavy atom. The number of hydrogen-bond donors (Lipinski definition) is 2. The number of aromatic nitrogens is 2. The largest absolute Gasteiger partial charge is 0.490 e. The van der Waals surface area contributed by atoms with Crippen molar-refractivity contribution in [3.63, 3.8) is 0 Å². The summed E-state index contributed by atoms with van der Waals surface area (Å²) >= 11 is 0. The van der Waals surface area contributed by atoms with E-state index < -0.39 is 5.91 Å². The van der Waals surface area contributed by atoms with E-state index in [9.17, 15) is 4.79 Å². The van der Waals surface area contributed by atoms with Crippen molar-refractivity contribution >= 4 is 11.9 Å². The van der Waals surface area contributed by atoms with Crippen LogP contribution in [0.4, 0.5) is 5.95 Å². The molecule has 7 nitrogen and oxygen atoms in total. The van der Waals surface area contributed by atoms with Crippen LogP contribution < -0.4 is 16.2 Å². The predicted octanol–water partition coefficient (Wildman–Crippen LogP) is 1.55. The van der Waals surface area contributed by atoms with E-state index in [4.69, 9.17) is 20.9 Å². The number of ether oxygens (including phenoxy) is 2. The highest BCUT2D eigenvalue weighted by molar-refractivity contribution is 6.00. The third kappa shape index (κ3) is 3.95. The van der Waals surface area contributed by atoms with E-state index in [0.717, 1.165) is 0 Å². The number of anilines is 1. The van der Waals surface area contributed by atoms with Gasteiger partial charge in [-0.15, -0.1) is 0 Å². The molecule has 0 radical (unpaired) electrons. The summed E-state index contributed by atoms with van der Waals surface area (Å²) in [4.78, 5) is 20.0. The lowest BCUT2D eigenvalue weighted by Crippen LogP contribution is -2.17. The Balaban J connectivity index is 2.44. The predicted molar refractivity (Wildman–Crippen MR) is 87.1 cm³/mol. The van der Waals surface area contributed by atoms with Crippen molar-refractivity contribution in [1.82, 2.24) is 9.97 Å². The molecule has 0 aliphatic heterocycles. The zero-order valence-corrected chi connectivity index (χ0v) is 13.2. The van der Waals surface area contributed by atoms with E-state index in [0.29, 0.717) is 42.5 Å². The number of carbonyl (C=O) groups excluding carboxylic acids is 1. The monoisotopic (exact) mass is 316 g/mol. The number of primary amides is 1. The third-order valence-electron chi connectivity index (χ3n) is 3.19. The number of carbonyl (C=O) groups is 1. The van der Waals surface area contributed by atoms with Crippen molar-refractivity contribution in [2.24, 2.45) is 5.73 Å². The summed E-state index contributed by atoms with van der Waals surface area (Å²) in [6.45, 7) is 5.06. The Kier molecular flexibility index (Phi) is 5.48. The summed E-state index contributed by atoms with van der Waals surface area (Å²) in [6, 6.07) is 7.24. The molecule has 1 aromatic heterocycles. The standard InChI is InChI=1S/C16H20N4O3/c1-3-22-8-9-23-12-7-5-4-6-11(12)14-13(15(17)21)10(2)19-16(18)20-14/h4-7H,3,8-9H2,1-2H3,(H2,17,21)(H2,18,19,20). The van der Waals surface area contributed by atoms with Crippen LogP contribution in [-0.2, 0) is 4.74 Å². The van der Waals surface area contributed by atoms with Crippen LogP contribution in [-0.4, -0.2) is 35.7 Å². The number of nitrogens with two attached hydrogens (primary N) is 2. The highest BCUT2D eigenvalue weighted by Gasteiger charge is 2.19. The van der Waals surface area contributed by atoms with Gasteiger partial charge in [0, 0.05) is 12.2 Å². The highest BCUT2D eigenvalue weighted by atomic mass is 16.5. The molecule has 0 bridgehead atoms. The van der Waals surface area contributed by atoms with Crippen LogP contribution in [0.5, 0.6) is 5.75 Å². The van der Waals surface area contributed by atoms with Crippen LogP contribution in [0, 0.1) is 6.92 Å². The van der Waals surface area contributed by atoms with Crippen molar-refractivity contribution in [1.29, 1.82) is 0 Å². The van der Waals surface area contributed by atoms with Gasteiger partial charge in [0.2, 0.25) is 5.95 Å². The van der Waals surface area contributed by atoms with Crippen molar-refractivity contribution < 1.29 is 14.3 Å². The molecule has 0 atom stereocenters. The number of benzene rings is 1. The Bertz CT molecular complexity index is 704. The first-order valence-corrected chi connectivity index (χ1v) is 7.28. The first-order valence-electron chi connectivity index (χ1n) is 7.28. The minimum atomic E-state index is -0.610. The maximum atomic E-state index is 11.8. The van der Waals surface area contributed by atoms with Crippen LogP contribution in [0.25, 0.3) is 11.3 Å². The normalized spacial score (nSPS) is 10.5. The Labute approximate surface area is 134 Å². The number of hydrogen-bond acceptors (Lipinski definition) is 6. The molecule has 1 heterocycles. The molecule has 4 N–H and O–H groups in total. The minimum absolute atomic E-state index is 0.0756. The second-order valence-corrected chi connectivity index (χ2v) is 4.80. The van der Waals surface area contributed by atoms with E-state index in [1.807, 2.05) is 19.1 Å². The fourth-order valence-electron chi connectivity index (χ4n) is 2.23. The molecule has 0 aliphatic rings. The summed E-state index contributed by atoms with van der Waals surface area (Å²) in [7, 11) is 0. The lowest BCUT2D eigenvalue weighted by atomic mass is 10.0. The molecule has 0 saturated heterocycles. The fraction of sp³-hybridized carbons (Fsp3) is 0.312. The van der Waals surface area contributed by atoms with Gasteiger partial charge in [0.1, 0.15) is 12.4 Å². The van der Waals surface area contributed by atoms with Gasteiger partial charge in [0.05, 0.1) is 23.6 Å². The number of aryl methyl sites for hydroxylation is 1. The maximum Gasteiger partial charge on any atom is 0.252 e. The van der Waals surface area contributed by atoms with E-state index in [1.54, 1.807) is 19.1 Å². The smallest absolute Gasteiger partial charge is 0.252 e. The number of amides is 1. The van der Waals surface area contributed by atoms with Crippen LogP contribution in [0.1, 0.15) is 23.0 Å². The fourth-order valence-corrected chi connectivity index (χ4v) is 2.23. The zero-order chi connectivity index (χ0) is 16.8. The molecular formula is C16H20N4O3. The van der Waals surface area contributed by atoms with Crippen LogP contribution in [0.2, 0.25) is 0 Å². The van der Waals surface area contributed by atoms with E-state index >= 15 is 0 Å². The van der Waals surface area contributed by atoms with E-state index in [2.05, 4.69) is 9.97 Å². The van der Waals surface area contributed by atoms with Crippen molar-refractivity contribution in [2.75, 3.05) is 25.6 Å². The van der Waals surface area contributed by atoms with Crippen LogP contribution in [0.15, 0.2) is 24.3 Å². The molecule has 7 heteroatoms. The quantitative estimate of drug-likeness (QED) is 0.749. The SMILES string of the molecule is CCOCCOc1ccccc1-c1nc(N)nc(C)c1C(N)=O. The van der Waals surface area contributed by atoms with Gasteiger partial charge in [-0.25, -0.2) is 9.97 Å². The first-order chi connectivity index (χ1) is 11.0. The molecule has 122 valence electrons. The zero-order valence-electron chi connectivity index (χ0n) is 13.2. The molecule has 0 unspecified atom stereocenters. The average Bonchev–Trinajstić information content (AvgIpc) is 2.50. The summed E-state index contributed by atoms with van der Waals surface area (Å²) in [5.74, 6) is 0.0421. The Hall–Kier alpha value is -2.67. The van der Waals surface area contributed by atoms with Crippen molar-refractivity contribution in [3.05, 3.63) is 35.5 Å². The van der Waals surface area contributed by atoms with Crippen LogP contribution in [0.3, 0.4) is 0 Å². The number of para-hydroxylation sites is 1. The van der Waals surface area contributed by atoms with Gasteiger partial charge in [0.15, 0.2) is 0 Å². The lowest BCUT2D eigenvalue weighted by Gasteiger charge is -2.14. The summed E-state index contributed by atoms with van der Waals surface area (Å²) < 4.78 is 11.0. The van der Waals surface area contributed by atoms with E-state index in [-0.39, 0.29) is 11.5 Å². The molecule has 0 saturated carbocycles. The van der Waals surface area contributed by atoms with Gasteiger partial charge in [-0.3, -0.25) is 4.79 Å². The average molecular weight is 316 g/mol. The number of nitrogens with zero attached hydrogens (tertiary/aromatic N) is 2. The van der Waals surface area contributed by atoms with Crippen molar-refractivity contribution in [3.8, 4) is 17.0 Å². The maximum absolute atomic E-state index is 11.8. The second-order valence-electron chi connectivity index (χ2n) is 4.80. The topological polar surface area (TPSA) is 113 Å².